The van der Waals surface area contributed by atoms with Crippen LogP contribution in [0.25, 0.3) is 0 Å². The van der Waals surface area contributed by atoms with Gasteiger partial charge in [-0.25, -0.2) is 9.18 Å². The van der Waals surface area contributed by atoms with Crippen LogP contribution in [-0.4, -0.2) is 40.9 Å². The second-order valence-corrected chi connectivity index (χ2v) is 6.22. The van der Waals surface area contributed by atoms with Gasteiger partial charge in [0.1, 0.15) is 5.82 Å². The average Bonchev–Trinajstić information content (AvgIpc) is 2.49. The Bertz CT molecular complexity index is 600. The number of halogens is 4. The van der Waals surface area contributed by atoms with Gasteiger partial charge < -0.3 is 15.3 Å². The molecule has 1 aliphatic heterocycles. The zero-order chi connectivity index (χ0) is 18.1. The van der Waals surface area contributed by atoms with Gasteiger partial charge in [-0.15, -0.1) is 0 Å². The third-order valence-corrected chi connectivity index (χ3v) is 4.35. The third kappa shape index (κ3) is 3.80. The summed E-state index contributed by atoms with van der Waals surface area (Å²) in [7, 11) is 0. The molecule has 1 aromatic carbocycles. The number of benzene rings is 1. The van der Waals surface area contributed by atoms with E-state index in [-0.39, 0.29) is 25.5 Å². The van der Waals surface area contributed by atoms with E-state index in [1.165, 1.54) is 4.90 Å². The number of alkyl halides is 3. The summed E-state index contributed by atoms with van der Waals surface area (Å²) in [5.41, 5.74) is -1.09. The third-order valence-electron chi connectivity index (χ3n) is 4.35. The molecule has 1 saturated heterocycles. The molecule has 0 aromatic heterocycles. The van der Waals surface area contributed by atoms with Crippen molar-refractivity contribution in [2.24, 2.45) is 0 Å². The zero-order valence-electron chi connectivity index (χ0n) is 13.5. The Hall–Kier alpha value is -1.83. The van der Waals surface area contributed by atoms with Crippen molar-refractivity contribution in [1.29, 1.82) is 0 Å². The summed E-state index contributed by atoms with van der Waals surface area (Å²) >= 11 is 0. The molecule has 0 atom stereocenters. The number of urea groups is 1. The van der Waals surface area contributed by atoms with Crippen LogP contribution < -0.4 is 5.32 Å². The Morgan fingerprint density at radius 1 is 1.25 bits per heavy atom. The van der Waals surface area contributed by atoms with Gasteiger partial charge in [0.2, 0.25) is 0 Å². The first kappa shape index (κ1) is 18.5. The minimum absolute atomic E-state index is 0.154. The second kappa shape index (κ2) is 6.58. The minimum Gasteiger partial charge on any atom is -0.380 e. The molecule has 2 N–H and O–H groups in total. The fraction of sp³-hybridized carbons (Fsp3) is 0.562. The molecule has 1 heterocycles. The van der Waals surface area contributed by atoms with E-state index in [0.29, 0.717) is 16.7 Å². The van der Waals surface area contributed by atoms with Crippen molar-refractivity contribution in [3.63, 3.8) is 0 Å². The molecule has 2 amide bonds. The van der Waals surface area contributed by atoms with E-state index in [0.717, 1.165) is 0 Å². The number of hydrogen-bond acceptors (Lipinski definition) is 2. The van der Waals surface area contributed by atoms with Crippen LogP contribution >= 0.6 is 0 Å². The summed E-state index contributed by atoms with van der Waals surface area (Å²) in [5, 5.41) is 12.2. The number of aliphatic hydroxyl groups is 1. The number of aryl methyl sites for hydroxylation is 2. The number of carbonyl (C=O) groups excluding carboxylic acids is 1. The maximum absolute atomic E-state index is 13.6. The fourth-order valence-corrected chi connectivity index (χ4v) is 2.79. The standard InChI is InChI=1S/C16H20F4N2O2/c1-10-7-12(8-11(2)13(10)17)9-21-14(23)22-5-3-15(24,4-6-22)16(18,19)20/h7-8,24H,3-6,9H2,1-2H3,(H,21,23). The molecule has 0 saturated carbocycles. The van der Waals surface area contributed by atoms with E-state index < -0.39 is 30.7 Å². The van der Waals surface area contributed by atoms with Gasteiger partial charge in [0, 0.05) is 32.5 Å². The molecule has 134 valence electrons. The van der Waals surface area contributed by atoms with E-state index in [1.807, 2.05) is 0 Å². The van der Waals surface area contributed by atoms with E-state index in [2.05, 4.69) is 5.32 Å². The summed E-state index contributed by atoms with van der Waals surface area (Å²) in [5.74, 6) is -0.299. The zero-order valence-corrected chi connectivity index (χ0v) is 13.5. The lowest BCUT2D eigenvalue weighted by molar-refractivity contribution is -0.271. The molecule has 1 aliphatic rings. The fourth-order valence-electron chi connectivity index (χ4n) is 2.79. The maximum atomic E-state index is 13.6. The van der Waals surface area contributed by atoms with Crippen molar-refractivity contribution >= 4 is 6.03 Å². The van der Waals surface area contributed by atoms with Gasteiger partial charge in [0.05, 0.1) is 0 Å². The highest BCUT2D eigenvalue weighted by Gasteiger charge is 2.54. The van der Waals surface area contributed by atoms with Crippen molar-refractivity contribution < 1.29 is 27.5 Å². The summed E-state index contributed by atoms with van der Waals surface area (Å²) in [4.78, 5) is 13.3. The predicted octanol–water partition coefficient (Wildman–Crippen LogP) is 3.04. The first-order chi connectivity index (χ1) is 11.0. The summed E-state index contributed by atoms with van der Waals surface area (Å²) in [6, 6.07) is 2.72. The lowest BCUT2D eigenvalue weighted by Gasteiger charge is -2.39. The monoisotopic (exact) mass is 348 g/mol. The van der Waals surface area contributed by atoms with Crippen LogP contribution in [0, 0.1) is 19.7 Å². The molecule has 0 aliphatic carbocycles. The highest BCUT2D eigenvalue weighted by atomic mass is 19.4. The molecular formula is C16H20F4N2O2. The van der Waals surface area contributed by atoms with Crippen molar-refractivity contribution in [2.75, 3.05) is 13.1 Å². The minimum atomic E-state index is -4.70. The molecule has 1 fully saturated rings. The molecule has 0 radical (unpaired) electrons. The first-order valence-corrected chi connectivity index (χ1v) is 7.61. The molecule has 8 heteroatoms. The lowest BCUT2D eigenvalue weighted by atomic mass is 9.91. The number of nitrogens with one attached hydrogen (secondary N) is 1. The van der Waals surface area contributed by atoms with Crippen LogP contribution in [0.2, 0.25) is 0 Å². The molecule has 2 rings (SSSR count). The molecule has 1 aromatic rings. The molecule has 0 bridgehead atoms. The van der Waals surface area contributed by atoms with E-state index in [1.54, 1.807) is 26.0 Å². The van der Waals surface area contributed by atoms with Crippen molar-refractivity contribution in [2.45, 2.75) is 45.0 Å². The van der Waals surface area contributed by atoms with Crippen LogP contribution in [0.3, 0.4) is 0 Å². The Balaban J connectivity index is 1.91. The topological polar surface area (TPSA) is 52.6 Å². The smallest absolute Gasteiger partial charge is 0.380 e. The van der Waals surface area contributed by atoms with Gasteiger partial charge >= 0.3 is 12.2 Å². The van der Waals surface area contributed by atoms with Crippen LogP contribution in [0.1, 0.15) is 29.5 Å². The number of rotatable bonds is 2. The Morgan fingerprint density at radius 3 is 2.21 bits per heavy atom. The normalized spacial score (nSPS) is 17.7. The van der Waals surface area contributed by atoms with Crippen molar-refractivity contribution in [1.82, 2.24) is 10.2 Å². The van der Waals surface area contributed by atoms with Crippen LogP contribution in [0.4, 0.5) is 22.4 Å². The van der Waals surface area contributed by atoms with Gasteiger partial charge in [-0.3, -0.25) is 0 Å². The average molecular weight is 348 g/mol. The highest BCUT2D eigenvalue weighted by molar-refractivity contribution is 5.74. The van der Waals surface area contributed by atoms with Crippen molar-refractivity contribution in [3.8, 4) is 0 Å². The number of nitrogens with zero attached hydrogens (tertiary/aromatic N) is 1. The summed E-state index contributed by atoms with van der Waals surface area (Å²) in [6.45, 7) is 3.04. The Morgan fingerprint density at radius 2 is 1.75 bits per heavy atom. The summed E-state index contributed by atoms with van der Waals surface area (Å²) in [6.07, 6.45) is -5.78. The van der Waals surface area contributed by atoms with Gasteiger partial charge in [0.25, 0.3) is 0 Å². The van der Waals surface area contributed by atoms with Crippen LogP contribution in [0.15, 0.2) is 12.1 Å². The largest absolute Gasteiger partial charge is 0.417 e. The van der Waals surface area contributed by atoms with E-state index in [4.69, 9.17) is 0 Å². The maximum Gasteiger partial charge on any atom is 0.417 e. The lowest BCUT2D eigenvalue weighted by Crippen LogP contribution is -2.55. The molecule has 0 unspecified atom stereocenters. The van der Waals surface area contributed by atoms with Gasteiger partial charge in [-0.2, -0.15) is 13.2 Å². The Kier molecular flexibility index (Phi) is 5.08. The quantitative estimate of drug-likeness (QED) is 0.807. The number of likely N-dealkylation sites (tertiary alicyclic amines) is 1. The second-order valence-electron chi connectivity index (χ2n) is 6.22. The van der Waals surface area contributed by atoms with E-state index >= 15 is 0 Å². The number of carbonyl (C=O) groups is 1. The predicted molar refractivity (Wildman–Crippen MR) is 79.9 cm³/mol. The molecular weight excluding hydrogens is 328 g/mol. The van der Waals surface area contributed by atoms with Crippen LogP contribution in [0.5, 0.6) is 0 Å². The highest BCUT2D eigenvalue weighted by Crippen LogP contribution is 2.38. The number of piperidine rings is 1. The SMILES string of the molecule is Cc1cc(CNC(=O)N2CCC(O)(C(F)(F)F)CC2)cc(C)c1F. The van der Waals surface area contributed by atoms with Gasteiger partial charge in [0.15, 0.2) is 5.60 Å². The van der Waals surface area contributed by atoms with Crippen molar-refractivity contribution in [3.05, 3.63) is 34.6 Å². The van der Waals surface area contributed by atoms with Crippen LogP contribution in [-0.2, 0) is 6.54 Å². The molecule has 4 nitrogen and oxygen atoms in total. The number of amides is 2. The number of hydrogen-bond donors (Lipinski definition) is 2. The van der Waals surface area contributed by atoms with Gasteiger partial charge in [-0.1, -0.05) is 12.1 Å². The van der Waals surface area contributed by atoms with Gasteiger partial charge in [-0.05, 0) is 30.5 Å². The summed E-state index contributed by atoms with van der Waals surface area (Å²) < 4.78 is 51.8. The molecule has 24 heavy (non-hydrogen) atoms. The molecule has 0 spiro atoms. The Labute approximate surface area is 137 Å². The van der Waals surface area contributed by atoms with E-state index in [9.17, 15) is 27.5 Å². The first-order valence-electron chi connectivity index (χ1n) is 7.61.